The first-order chi connectivity index (χ1) is 11.3. The Bertz CT molecular complexity index is 992. The molecule has 0 aliphatic carbocycles. The van der Waals surface area contributed by atoms with Crippen LogP contribution in [0.5, 0.6) is 0 Å². The summed E-state index contributed by atoms with van der Waals surface area (Å²) in [5, 5.41) is 1.03. The molecule has 0 atom stereocenters. The van der Waals surface area contributed by atoms with Crippen molar-refractivity contribution < 1.29 is 0 Å². The second-order valence-corrected chi connectivity index (χ2v) is 5.57. The number of pyridine rings is 1. The van der Waals surface area contributed by atoms with Crippen molar-refractivity contribution in [3.05, 3.63) is 78.9 Å². The van der Waals surface area contributed by atoms with Gasteiger partial charge in [-0.1, -0.05) is 35.9 Å². The lowest BCUT2D eigenvalue weighted by Gasteiger charge is -2.10. The van der Waals surface area contributed by atoms with E-state index in [1.807, 2.05) is 24.5 Å². The van der Waals surface area contributed by atoms with Crippen molar-refractivity contribution in [1.82, 2.24) is 15.0 Å². The number of hydrogen-bond acceptors (Lipinski definition) is 3. The van der Waals surface area contributed by atoms with Crippen LogP contribution in [-0.4, -0.2) is 15.0 Å². The minimum absolute atomic E-state index is 0.949. The van der Waals surface area contributed by atoms with Gasteiger partial charge >= 0.3 is 0 Å². The van der Waals surface area contributed by atoms with Gasteiger partial charge in [-0.15, -0.1) is 0 Å². The highest BCUT2D eigenvalue weighted by Gasteiger charge is 2.09. The topological polar surface area (TPSA) is 38.7 Å². The zero-order valence-corrected chi connectivity index (χ0v) is 12.8. The molecule has 0 unspecified atom stereocenters. The molecule has 0 saturated carbocycles. The summed E-state index contributed by atoms with van der Waals surface area (Å²) in [6.07, 6.45) is 5.25. The van der Waals surface area contributed by atoms with Crippen LogP contribution < -0.4 is 0 Å². The Morgan fingerprint density at radius 2 is 1.78 bits per heavy atom. The maximum Gasteiger partial charge on any atom is 0.116 e. The summed E-state index contributed by atoms with van der Waals surface area (Å²) >= 11 is 0. The first kappa shape index (κ1) is 13.6. The summed E-state index contributed by atoms with van der Waals surface area (Å²) in [5.41, 5.74) is 6.54. The maximum absolute atomic E-state index is 4.62. The molecule has 0 saturated heterocycles. The molecule has 0 aliphatic rings. The minimum atomic E-state index is 0.949. The lowest BCUT2D eigenvalue weighted by molar-refractivity contribution is 1.22. The summed E-state index contributed by atoms with van der Waals surface area (Å²) in [4.78, 5) is 13.0. The number of nitrogens with zero attached hydrogens (tertiary/aromatic N) is 3. The fourth-order valence-electron chi connectivity index (χ4n) is 2.81. The van der Waals surface area contributed by atoms with Crippen LogP contribution in [0.3, 0.4) is 0 Å². The van der Waals surface area contributed by atoms with Crippen LogP contribution in [0.25, 0.3) is 33.3 Å². The van der Waals surface area contributed by atoms with Crippen molar-refractivity contribution in [3.8, 4) is 22.4 Å². The molecule has 0 amide bonds. The van der Waals surface area contributed by atoms with Crippen molar-refractivity contribution in [2.45, 2.75) is 6.92 Å². The van der Waals surface area contributed by atoms with E-state index >= 15 is 0 Å². The average Bonchev–Trinajstić information content (AvgIpc) is 2.61. The van der Waals surface area contributed by atoms with Gasteiger partial charge in [0, 0.05) is 28.9 Å². The van der Waals surface area contributed by atoms with Crippen molar-refractivity contribution in [3.63, 3.8) is 0 Å². The standard InChI is InChI=1S/C20H15N3/c1-14-4-2-5-16(10-14)20-18(6-3-9-22-20)15-7-8-19-17(11-15)12-21-13-23-19/h2-13H,1H3. The molecule has 0 radical (unpaired) electrons. The van der Waals surface area contributed by atoms with Gasteiger partial charge in [-0.25, -0.2) is 9.97 Å². The van der Waals surface area contributed by atoms with E-state index < -0.39 is 0 Å². The molecule has 23 heavy (non-hydrogen) atoms. The summed E-state index contributed by atoms with van der Waals surface area (Å²) in [7, 11) is 0. The lowest BCUT2D eigenvalue weighted by atomic mass is 9.97. The van der Waals surface area contributed by atoms with Crippen molar-refractivity contribution >= 4 is 10.9 Å². The van der Waals surface area contributed by atoms with E-state index in [-0.39, 0.29) is 0 Å². The third-order valence-electron chi connectivity index (χ3n) is 3.91. The highest BCUT2D eigenvalue weighted by Crippen LogP contribution is 2.31. The highest BCUT2D eigenvalue weighted by atomic mass is 14.8. The van der Waals surface area contributed by atoms with Crippen molar-refractivity contribution in [1.29, 1.82) is 0 Å². The number of benzene rings is 2. The van der Waals surface area contributed by atoms with Crippen LogP contribution in [0.15, 0.2) is 73.3 Å². The van der Waals surface area contributed by atoms with E-state index in [1.54, 1.807) is 6.33 Å². The Hall–Kier alpha value is -3.07. The number of aromatic nitrogens is 3. The predicted molar refractivity (Wildman–Crippen MR) is 92.9 cm³/mol. The van der Waals surface area contributed by atoms with Gasteiger partial charge in [0.1, 0.15) is 6.33 Å². The fraction of sp³-hybridized carbons (Fsp3) is 0.0500. The molecule has 3 heteroatoms. The van der Waals surface area contributed by atoms with E-state index in [2.05, 4.69) is 64.3 Å². The van der Waals surface area contributed by atoms with Gasteiger partial charge in [0.2, 0.25) is 0 Å². The summed E-state index contributed by atoms with van der Waals surface area (Å²) < 4.78 is 0. The van der Waals surface area contributed by atoms with Gasteiger partial charge in [0.15, 0.2) is 0 Å². The quantitative estimate of drug-likeness (QED) is 0.540. The molecule has 2 aromatic heterocycles. The van der Waals surface area contributed by atoms with E-state index in [1.165, 1.54) is 5.56 Å². The van der Waals surface area contributed by atoms with Crippen molar-refractivity contribution in [2.75, 3.05) is 0 Å². The molecule has 0 fully saturated rings. The third kappa shape index (κ3) is 2.57. The molecule has 4 rings (SSSR count). The molecule has 2 aromatic carbocycles. The molecule has 0 aliphatic heterocycles. The number of rotatable bonds is 2. The molecule has 2 heterocycles. The van der Waals surface area contributed by atoms with E-state index in [9.17, 15) is 0 Å². The predicted octanol–water partition coefficient (Wildman–Crippen LogP) is 4.67. The second kappa shape index (κ2) is 5.61. The largest absolute Gasteiger partial charge is 0.256 e. The van der Waals surface area contributed by atoms with E-state index in [0.717, 1.165) is 33.3 Å². The molecule has 110 valence electrons. The monoisotopic (exact) mass is 297 g/mol. The van der Waals surface area contributed by atoms with E-state index in [4.69, 9.17) is 0 Å². The van der Waals surface area contributed by atoms with Gasteiger partial charge in [-0.05, 0) is 36.8 Å². The van der Waals surface area contributed by atoms with Crippen LogP contribution in [-0.2, 0) is 0 Å². The lowest BCUT2D eigenvalue weighted by Crippen LogP contribution is -1.90. The van der Waals surface area contributed by atoms with Gasteiger partial charge in [0.25, 0.3) is 0 Å². The number of aryl methyl sites for hydroxylation is 1. The van der Waals surface area contributed by atoms with Crippen LogP contribution in [0.4, 0.5) is 0 Å². The maximum atomic E-state index is 4.62. The molecule has 4 aromatic rings. The Morgan fingerprint density at radius 1 is 0.826 bits per heavy atom. The van der Waals surface area contributed by atoms with Gasteiger partial charge in [-0.2, -0.15) is 0 Å². The van der Waals surface area contributed by atoms with Crippen LogP contribution in [0.2, 0.25) is 0 Å². The fourth-order valence-corrected chi connectivity index (χ4v) is 2.81. The summed E-state index contributed by atoms with van der Waals surface area (Å²) in [5.74, 6) is 0. The summed E-state index contributed by atoms with van der Waals surface area (Å²) in [6.45, 7) is 2.10. The molecule has 3 nitrogen and oxygen atoms in total. The Kier molecular flexibility index (Phi) is 3.31. The first-order valence-corrected chi connectivity index (χ1v) is 7.53. The van der Waals surface area contributed by atoms with Crippen LogP contribution >= 0.6 is 0 Å². The molecule has 0 bridgehead atoms. The van der Waals surface area contributed by atoms with Gasteiger partial charge < -0.3 is 0 Å². The Balaban J connectivity index is 1.91. The summed E-state index contributed by atoms with van der Waals surface area (Å²) in [6, 6.07) is 18.7. The van der Waals surface area contributed by atoms with Crippen LogP contribution in [0.1, 0.15) is 5.56 Å². The first-order valence-electron chi connectivity index (χ1n) is 7.53. The second-order valence-electron chi connectivity index (χ2n) is 5.57. The SMILES string of the molecule is Cc1cccc(-c2ncccc2-c2ccc3ncncc3c2)c1. The van der Waals surface area contributed by atoms with Gasteiger partial charge in [-0.3, -0.25) is 4.98 Å². The molecular weight excluding hydrogens is 282 g/mol. The zero-order valence-electron chi connectivity index (χ0n) is 12.8. The average molecular weight is 297 g/mol. The minimum Gasteiger partial charge on any atom is -0.256 e. The Morgan fingerprint density at radius 3 is 2.70 bits per heavy atom. The number of fused-ring (bicyclic) bond motifs is 1. The molecule has 0 spiro atoms. The highest BCUT2D eigenvalue weighted by molar-refractivity contribution is 5.88. The van der Waals surface area contributed by atoms with Gasteiger partial charge in [0.05, 0.1) is 11.2 Å². The molecular formula is C20H15N3. The Labute approximate surface area is 134 Å². The number of hydrogen-bond donors (Lipinski definition) is 0. The molecule has 0 N–H and O–H groups in total. The zero-order chi connectivity index (χ0) is 15.6. The van der Waals surface area contributed by atoms with E-state index in [0.29, 0.717) is 0 Å². The smallest absolute Gasteiger partial charge is 0.116 e. The van der Waals surface area contributed by atoms with Crippen molar-refractivity contribution in [2.24, 2.45) is 0 Å². The third-order valence-corrected chi connectivity index (χ3v) is 3.91. The van der Waals surface area contributed by atoms with Crippen LogP contribution in [0, 0.1) is 6.92 Å². The normalized spacial score (nSPS) is 10.8.